The molecule has 6 nitrogen and oxygen atoms in total. The zero-order chi connectivity index (χ0) is 12.5. The average Bonchev–Trinajstić information content (AvgIpc) is 2.60. The fraction of sp³-hybridized carbons (Fsp3) is 0.909. The van der Waals surface area contributed by atoms with Gasteiger partial charge in [0.1, 0.15) is 18.3 Å². The zero-order valence-corrected chi connectivity index (χ0v) is 10.0. The molecule has 2 fully saturated rings. The van der Waals surface area contributed by atoms with Crippen LogP contribution in [-0.2, 0) is 23.7 Å². The van der Waals surface area contributed by atoms with Gasteiger partial charge in [0.2, 0.25) is 0 Å². The van der Waals surface area contributed by atoms with Crippen molar-refractivity contribution in [1.82, 2.24) is 0 Å². The highest BCUT2D eigenvalue weighted by Crippen LogP contribution is 2.32. The minimum Gasteiger partial charge on any atom is -0.466 e. The van der Waals surface area contributed by atoms with Gasteiger partial charge in [0.15, 0.2) is 5.79 Å². The molecule has 2 rings (SSSR count). The SMILES string of the molecule is CCOC(=O)C[C@]1(C)OC[C@H]2OC[C@H](O)[C@H]2O1. The summed E-state index contributed by atoms with van der Waals surface area (Å²) in [6, 6.07) is 0. The molecule has 0 spiro atoms. The Morgan fingerprint density at radius 3 is 3.00 bits per heavy atom. The van der Waals surface area contributed by atoms with E-state index >= 15 is 0 Å². The van der Waals surface area contributed by atoms with Gasteiger partial charge in [0.25, 0.3) is 0 Å². The van der Waals surface area contributed by atoms with E-state index in [4.69, 9.17) is 18.9 Å². The standard InChI is InChI=1S/C11H18O6/c1-3-14-9(13)4-11(2)16-6-8-10(17-11)7(12)5-15-8/h7-8,10,12H,3-6H2,1-2H3/t7-,8+,10+,11+/m0/s1. The first-order valence-electron chi connectivity index (χ1n) is 5.81. The first-order valence-corrected chi connectivity index (χ1v) is 5.81. The maximum atomic E-state index is 11.4. The summed E-state index contributed by atoms with van der Waals surface area (Å²) in [6.07, 6.45) is -1.33. The third-order valence-corrected chi connectivity index (χ3v) is 2.94. The van der Waals surface area contributed by atoms with Crippen LogP contribution in [-0.4, -0.2) is 55.0 Å². The van der Waals surface area contributed by atoms with Gasteiger partial charge in [0, 0.05) is 0 Å². The van der Waals surface area contributed by atoms with Crippen molar-refractivity contribution in [3.05, 3.63) is 0 Å². The first-order chi connectivity index (χ1) is 8.04. The number of aliphatic hydroxyl groups is 1. The molecule has 2 aliphatic heterocycles. The number of fused-ring (bicyclic) bond motifs is 1. The van der Waals surface area contributed by atoms with Crippen molar-refractivity contribution in [1.29, 1.82) is 0 Å². The van der Waals surface area contributed by atoms with Crippen LogP contribution in [0.3, 0.4) is 0 Å². The van der Waals surface area contributed by atoms with Crippen LogP contribution in [0.2, 0.25) is 0 Å². The number of rotatable bonds is 3. The molecule has 0 saturated carbocycles. The topological polar surface area (TPSA) is 74.2 Å². The average molecular weight is 246 g/mol. The molecule has 0 aromatic heterocycles. The van der Waals surface area contributed by atoms with Crippen LogP contribution in [0.1, 0.15) is 20.3 Å². The van der Waals surface area contributed by atoms with E-state index in [1.807, 2.05) is 0 Å². The maximum Gasteiger partial charge on any atom is 0.311 e. The van der Waals surface area contributed by atoms with Gasteiger partial charge in [-0.3, -0.25) is 4.79 Å². The monoisotopic (exact) mass is 246 g/mol. The fourth-order valence-corrected chi connectivity index (χ4v) is 2.10. The molecule has 2 saturated heterocycles. The predicted octanol–water partition coefficient (Wildman–Crippen LogP) is -0.169. The fourth-order valence-electron chi connectivity index (χ4n) is 2.10. The quantitative estimate of drug-likeness (QED) is 0.697. The number of carbonyl (C=O) groups is 1. The van der Waals surface area contributed by atoms with E-state index in [0.29, 0.717) is 13.2 Å². The summed E-state index contributed by atoms with van der Waals surface area (Å²) in [5.74, 6) is -1.41. The summed E-state index contributed by atoms with van der Waals surface area (Å²) < 4.78 is 21.3. The van der Waals surface area contributed by atoms with E-state index in [-0.39, 0.29) is 25.1 Å². The van der Waals surface area contributed by atoms with Crippen LogP contribution in [0.15, 0.2) is 0 Å². The van der Waals surface area contributed by atoms with Gasteiger partial charge < -0.3 is 24.1 Å². The van der Waals surface area contributed by atoms with Crippen molar-refractivity contribution >= 4 is 5.97 Å². The van der Waals surface area contributed by atoms with Crippen LogP contribution < -0.4 is 0 Å². The number of esters is 1. The van der Waals surface area contributed by atoms with Crippen LogP contribution in [0.25, 0.3) is 0 Å². The maximum absolute atomic E-state index is 11.4. The van der Waals surface area contributed by atoms with Crippen LogP contribution in [0, 0.1) is 0 Å². The smallest absolute Gasteiger partial charge is 0.311 e. The van der Waals surface area contributed by atoms with E-state index in [0.717, 1.165) is 0 Å². The Balaban J connectivity index is 1.95. The Labute approximate surface area is 99.8 Å². The molecule has 0 aromatic rings. The Hall–Kier alpha value is -0.690. The molecule has 4 atom stereocenters. The molecule has 0 aromatic carbocycles. The van der Waals surface area contributed by atoms with Gasteiger partial charge in [-0.2, -0.15) is 0 Å². The number of aliphatic hydroxyl groups excluding tert-OH is 1. The molecular weight excluding hydrogens is 228 g/mol. The summed E-state index contributed by atoms with van der Waals surface area (Å²) in [6.45, 7) is 4.30. The normalized spacial score (nSPS) is 41.0. The number of hydrogen-bond acceptors (Lipinski definition) is 6. The lowest BCUT2D eigenvalue weighted by atomic mass is 10.1. The minimum absolute atomic E-state index is 0.0107. The Bertz CT molecular complexity index is 294. The lowest BCUT2D eigenvalue weighted by Crippen LogP contribution is -2.52. The summed E-state index contributed by atoms with van der Waals surface area (Å²) in [5.41, 5.74) is 0. The zero-order valence-electron chi connectivity index (χ0n) is 10.0. The Morgan fingerprint density at radius 2 is 2.29 bits per heavy atom. The largest absolute Gasteiger partial charge is 0.466 e. The molecule has 0 radical (unpaired) electrons. The third kappa shape index (κ3) is 2.77. The molecule has 0 unspecified atom stereocenters. The van der Waals surface area contributed by atoms with Crippen molar-refractivity contribution in [2.75, 3.05) is 19.8 Å². The number of hydrogen-bond donors (Lipinski definition) is 1. The molecular formula is C11H18O6. The molecule has 0 aliphatic carbocycles. The van der Waals surface area contributed by atoms with Gasteiger partial charge >= 0.3 is 5.97 Å². The van der Waals surface area contributed by atoms with Crippen molar-refractivity contribution < 1.29 is 28.8 Å². The second kappa shape index (κ2) is 4.89. The Kier molecular flexibility index (Phi) is 3.67. The number of carbonyl (C=O) groups excluding carboxylic acids is 1. The summed E-state index contributed by atoms with van der Waals surface area (Å²) in [5, 5.41) is 9.67. The van der Waals surface area contributed by atoms with E-state index in [1.54, 1.807) is 13.8 Å². The summed E-state index contributed by atoms with van der Waals surface area (Å²) in [4.78, 5) is 11.4. The molecule has 0 amide bonds. The molecule has 98 valence electrons. The van der Waals surface area contributed by atoms with Crippen LogP contribution >= 0.6 is 0 Å². The molecule has 6 heteroatoms. The van der Waals surface area contributed by atoms with Crippen molar-refractivity contribution in [3.8, 4) is 0 Å². The van der Waals surface area contributed by atoms with Crippen LogP contribution in [0.5, 0.6) is 0 Å². The van der Waals surface area contributed by atoms with Gasteiger partial charge in [-0.05, 0) is 13.8 Å². The second-order valence-electron chi connectivity index (χ2n) is 4.45. The van der Waals surface area contributed by atoms with Crippen molar-refractivity contribution in [2.45, 2.75) is 44.4 Å². The molecule has 17 heavy (non-hydrogen) atoms. The second-order valence-corrected chi connectivity index (χ2v) is 4.45. The lowest BCUT2D eigenvalue weighted by molar-refractivity contribution is -0.309. The third-order valence-electron chi connectivity index (χ3n) is 2.94. The Morgan fingerprint density at radius 1 is 1.53 bits per heavy atom. The molecule has 2 heterocycles. The van der Waals surface area contributed by atoms with E-state index < -0.39 is 18.0 Å². The van der Waals surface area contributed by atoms with Gasteiger partial charge in [0.05, 0.1) is 26.2 Å². The van der Waals surface area contributed by atoms with E-state index in [2.05, 4.69) is 0 Å². The van der Waals surface area contributed by atoms with Crippen molar-refractivity contribution in [2.24, 2.45) is 0 Å². The molecule has 0 bridgehead atoms. The van der Waals surface area contributed by atoms with E-state index in [1.165, 1.54) is 0 Å². The molecule has 1 N–H and O–H groups in total. The van der Waals surface area contributed by atoms with Gasteiger partial charge in [-0.15, -0.1) is 0 Å². The van der Waals surface area contributed by atoms with E-state index in [9.17, 15) is 9.90 Å². The predicted molar refractivity (Wildman–Crippen MR) is 56.2 cm³/mol. The summed E-state index contributed by atoms with van der Waals surface area (Å²) in [7, 11) is 0. The first kappa shape index (κ1) is 12.8. The lowest BCUT2D eigenvalue weighted by Gasteiger charge is -2.39. The van der Waals surface area contributed by atoms with Gasteiger partial charge in [-0.25, -0.2) is 0 Å². The number of ether oxygens (including phenoxy) is 4. The van der Waals surface area contributed by atoms with Crippen LogP contribution in [0.4, 0.5) is 0 Å². The minimum atomic E-state index is -1.04. The molecule has 2 aliphatic rings. The van der Waals surface area contributed by atoms with Crippen molar-refractivity contribution in [3.63, 3.8) is 0 Å². The highest BCUT2D eigenvalue weighted by molar-refractivity contribution is 5.70. The highest BCUT2D eigenvalue weighted by atomic mass is 16.7. The van der Waals surface area contributed by atoms with Gasteiger partial charge in [-0.1, -0.05) is 0 Å². The highest BCUT2D eigenvalue weighted by Gasteiger charge is 2.48. The summed E-state index contributed by atoms with van der Waals surface area (Å²) >= 11 is 0.